The van der Waals surface area contributed by atoms with Crippen molar-refractivity contribution in [2.45, 2.75) is 9.41 Å². The Morgan fingerprint density at radius 3 is 1.88 bits per heavy atom. The Balaban J connectivity index is 2.98. The zero-order chi connectivity index (χ0) is 12.0. The highest BCUT2D eigenvalue weighted by atomic mass is 32.3. The van der Waals surface area contributed by atoms with Crippen LogP contribution in [0.3, 0.4) is 0 Å². The summed E-state index contributed by atoms with van der Waals surface area (Å²) in [5.74, 6) is 3.64. The fourth-order valence-electron chi connectivity index (χ4n) is 1.46. The standard InChI is InChI=1S/C8H12N2O2S4/c11-5-9-7(13)16(8(14)10-6-12)3-1-15-2-4-16/h7-8,13-14H,1-4H2. The maximum atomic E-state index is 10.3. The van der Waals surface area contributed by atoms with Crippen molar-refractivity contribution in [2.75, 3.05) is 23.0 Å². The summed E-state index contributed by atoms with van der Waals surface area (Å²) in [6, 6.07) is 0. The molecule has 0 aliphatic carbocycles. The van der Waals surface area contributed by atoms with Gasteiger partial charge >= 0.3 is 0 Å². The highest BCUT2D eigenvalue weighted by Gasteiger charge is 2.39. The molecule has 0 radical (unpaired) electrons. The maximum absolute atomic E-state index is 10.3. The van der Waals surface area contributed by atoms with E-state index in [1.54, 1.807) is 0 Å². The summed E-state index contributed by atoms with van der Waals surface area (Å²) < 4.78 is -0.879. The van der Waals surface area contributed by atoms with E-state index in [-0.39, 0.29) is 0 Å². The third kappa shape index (κ3) is 3.09. The van der Waals surface area contributed by atoms with Crippen molar-refractivity contribution in [1.29, 1.82) is 0 Å². The lowest BCUT2D eigenvalue weighted by atomic mass is 10.9. The van der Waals surface area contributed by atoms with Crippen molar-refractivity contribution < 1.29 is 9.59 Å². The van der Waals surface area contributed by atoms with Gasteiger partial charge in [0.25, 0.3) is 0 Å². The van der Waals surface area contributed by atoms with Crippen LogP contribution >= 0.6 is 47.0 Å². The Hall–Kier alpha value is 0.160. The van der Waals surface area contributed by atoms with Gasteiger partial charge < -0.3 is 0 Å². The molecule has 2 unspecified atom stereocenters. The molecule has 1 heterocycles. The second kappa shape index (κ2) is 6.79. The van der Waals surface area contributed by atoms with Crippen molar-refractivity contribution in [3.63, 3.8) is 0 Å². The molecule has 0 aromatic heterocycles. The van der Waals surface area contributed by atoms with Gasteiger partial charge in [0.1, 0.15) is 9.41 Å². The number of rotatable bonds is 4. The smallest absolute Gasteiger partial charge is 0.211 e. The molecule has 0 amide bonds. The molecule has 1 aliphatic rings. The van der Waals surface area contributed by atoms with Crippen molar-refractivity contribution in [3.8, 4) is 0 Å². The summed E-state index contributed by atoms with van der Waals surface area (Å²) in [6.45, 7) is 0. The Kier molecular flexibility index (Phi) is 6.03. The van der Waals surface area contributed by atoms with Crippen molar-refractivity contribution in [2.24, 2.45) is 9.98 Å². The van der Waals surface area contributed by atoms with Gasteiger partial charge in [-0.15, -0.1) is 25.3 Å². The molecular formula is C8H12N2O2S4. The summed E-state index contributed by atoms with van der Waals surface area (Å²) in [6.07, 6.45) is 3.05. The van der Waals surface area contributed by atoms with Crippen molar-refractivity contribution in [1.82, 2.24) is 0 Å². The van der Waals surface area contributed by atoms with E-state index in [0.717, 1.165) is 23.0 Å². The van der Waals surface area contributed by atoms with Crippen LogP contribution in [-0.4, -0.2) is 44.6 Å². The first-order valence-corrected chi connectivity index (χ1v) is 8.80. The minimum absolute atomic E-state index is 0.439. The van der Waals surface area contributed by atoms with Crippen LogP contribution in [0.2, 0.25) is 0 Å². The van der Waals surface area contributed by atoms with E-state index in [0.29, 0.717) is 0 Å². The van der Waals surface area contributed by atoms with Gasteiger partial charge in [-0.1, -0.05) is 0 Å². The molecule has 1 fully saturated rings. The van der Waals surface area contributed by atoms with E-state index >= 15 is 0 Å². The summed E-state index contributed by atoms with van der Waals surface area (Å²) in [4.78, 5) is 28.0. The number of nitrogens with zero attached hydrogens (tertiary/aromatic N) is 2. The molecule has 90 valence electrons. The number of hydrogen-bond acceptors (Lipinski definition) is 7. The molecule has 0 N–H and O–H groups in total. The van der Waals surface area contributed by atoms with Crippen LogP contribution in [0, 0.1) is 0 Å². The monoisotopic (exact) mass is 296 g/mol. The third-order valence-electron chi connectivity index (χ3n) is 2.38. The zero-order valence-corrected chi connectivity index (χ0v) is 11.8. The molecule has 0 saturated carbocycles. The molecule has 0 aromatic carbocycles. The summed E-state index contributed by atoms with van der Waals surface area (Å²) in [7, 11) is -1.43. The Morgan fingerprint density at radius 1 is 1.06 bits per heavy atom. The second-order valence-corrected chi connectivity index (χ2v) is 9.75. The molecule has 0 aromatic rings. The van der Waals surface area contributed by atoms with Gasteiger partial charge in [-0.05, 0) is 11.5 Å². The Bertz CT molecular complexity index is 307. The Morgan fingerprint density at radius 2 is 1.50 bits per heavy atom. The second-order valence-electron chi connectivity index (χ2n) is 3.12. The van der Waals surface area contributed by atoms with Crippen LogP contribution in [0.5, 0.6) is 0 Å². The quantitative estimate of drug-likeness (QED) is 0.471. The van der Waals surface area contributed by atoms with E-state index in [2.05, 4.69) is 35.2 Å². The number of aliphatic imine (C=N–C) groups is 2. The molecule has 0 spiro atoms. The molecule has 1 saturated heterocycles. The summed E-state index contributed by atoms with van der Waals surface area (Å²) in [5.41, 5.74) is 0. The number of hydrogen-bond donors (Lipinski definition) is 2. The minimum atomic E-state index is -1.43. The molecule has 1 rings (SSSR count). The fourth-order valence-corrected chi connectivity index (χ4v) is 9.20. The summed E-state index contributed by atoms with van der Waals surface area (Å²) in [5, 5.41) is 0. The first-order chi connectivity index (χ1) is 7.67. The number of carbonyl (C=O) groups excluding carboxylic acids is 2. The fraction of sp³-hybridized carbons (Fsp3) is 0.750. The molecule has 0 bridgehead atoms. The number of thioether (sulfide) groups is 1. The lowest BCUT2D eigenvalue weighted by molar-refractivity contribution is 0.563. The van der Waals surface area contributed by atoms with Gasteiger partial charge in [-0.2, -0.15) is 31.8 Å². The summed E-state index contributed by atoms with van der Waals surface area (Å²) >= 11 is 10.5. The molecule has 1 aliphatic heterocycles. The van der Waals surface area contributed by atoms with Crippen molar-refractivity contribution >= 4 is 59.2 Å². The molecular weight excluding hydrogens is 284 g/mol. The van der Waals surface area contributed by atoms with Gasteiger partial charge in [0.15, 0.2) is 0 Å². The number of thiol groups is 2. The van der Waals surface area contributed by atoms with E-state index < -0.39 is 19.4 Å². The lowest BCUT2D eigenvalue weighted by Gasteiger charge is -2.46. The molecule has 4 nitrogen and oxygen atoms in total. The average Bonchev–Trinajstić information content (AvgIpc) is 2.30. The molecule has 2 atom stereocenters. The maximum Gasteiger partial charge on any atom is 0.236 e. The van der Waals surface area contributed by atoms with Crippen LogP contribution < -0.4 is 0 Å². The first-order valence-electron chi connectivity index (χ1n) is 4.51. The predicted molar refractivity (Wildman–Crippen MR) is 76.4 cm³/mol. The van der Waals surface area contributed by atoms with E-state index in [9.17, 15) is 9.59 Å². The normalized spacial score (nSPS) is 24.4. The van der Waals surface area contributed by atoms with Crippen LogP contribution in [0.1, 0.15) is 0 Å². The van der Waals surface area contributed by atoms with Gasteiger partial charge in [0.2, 0.25) is 12.2 Å². The van der Waals surface area contributed by atoms with E-state index in [4.69, 9.17) is 0 Å². The first kappa shape index (κ1) is 14.2. The van der Waals surface area contributed by atoms with Crippen molar-refractivity contribution in [3.05, 3.63) is 0 Å². The van der Waals surface area contributed by atoms with Gasteiger partial charge in [-0.25, -0.2) is 9.59 Å². The lowest BCUT2D eigenvalue weighted by Crippen LogP contribution is -2.30. The Labute approximate surface area is 111 Å². The van der Waals surface area contributed by atoms with Crippen LogP contribution in [0.15, 0.2) is 9.98 Å². The van der Waals surface area contributed by atoms with Gasteiger partial charge in [0, 0.05) is 11.5 Å². The largest absolute Gasteiger partial charge is 0.236 e. The third-order valence-corrected chi connectivity index (χ3v) is 10.5. The number of isocyanates is 2. The zero-order valence-electron chi connectivity index (χ0n) is 8.40. The van der Waals surface area contributed by atoms with Crippen LogP contribution in [-0.2, 0) is 9.59 Å². The van der Waals surface area contributed by atoms with Gasteiger partial charge in [-0.3, -0.25) is 0 Å². The minimum Gasteiger partial charge on any atom is -0.211 e. The van der Waals surface area contributed by atoms with Crippen LogP contribution in [0.25, 0.3) is 0 Å². The van der Waals surface area contributed by atoms with E-state index in [1.165, 1.54) is 12.2 Å². The highest BCUT2D eigenvalue weighted by Crippen LogP contribution is 2.62. The van der Waals surface area contributed by atoms with Crippen LogP contribution in [0.4, 0.5) is 0 Å². The topological polar surface area (TPSA) is 58.9 Å². The van der Waals surface area contributed by atoms with E-state index in [1.807, 2.05) is 11.8 Å². The predicted octanol–water partition coefficient (Wildman–Crippen LogP) is 1.64. The average molecular weight is 296 g/mol. The molecule has 16 heavy (non-hydrogen) atoms. The van der Waals surface area contributed by atoms with Gasteiger partial charge in [0.05, 0.1) is 0 Å². The highest BCUT2D eigenvalue weighted by molar-refractivity contribution is 8.43. The SMILES string of the molecule is O=C=NC(S)S1(C(S)N=C=O)CCSCC1. The molecule has 8 heteroatoms.